The van der Waals surface area contributed by atoms with Gasteiger partial charge in [0.2, 0.25) is 0 Å². The van der Waals surface area contributed by atoms with E-state index in [4.69, 9.17) is 9.47 Å². The summed E-state index contributed by atoms with van der Waals surface area (Å²) in [7, 11) is 0. The fraction of sp³-hybridized carbons (Fsp3) is 0.444. The molecule has 1 fully saturated rings. The number of amides is 2. The number of alkyl carbamates (subject to hydrolysis) is 1. The summed E-state index contributed by atoms with van der Waals surface area (Å²) in [5, 5.41) is 13.9. The largest absolute Gasteiger partial charge is 0.480 e. The fourth-order valence-electron chi connectivity index (χ4n) is 4.92. The molecule has 2 aromatic rings. The zero-order chi connectivity index (χ0) is 25.9. The maximum atomic E-state index is 12.6. The highest BCUT2D eigenvalue weighted by molar-refractivity contribution is 5.81. The van der Waals surface area contributed by atoms with Crippen molar-refractivity contribution in [2.75, 3.05) is 13.2 Å². The van der Waals surface area contributed by atoms with Crippen LogP contribution in [0.3, 0.4) is 0 Å². The second-order valence-corrected chi connectivity index (χ2v) is 10.2. The molecule has 0 saturated carbocycles. The van der Waals surface area contributed by atoms with Gasteiger partial charge in [-0.05, 0) is 62.3 Å². The van der Waals surface area contributed by atoms with Crippen LogP contribution in [0.1, 0.15) is 57.1 Å². The molecule has 9 heteroatoms. The Labute approximate surface area is 210 Å². The molecule has 2 aliphatic rings. The predicted molar refractivity (Wildman–Crippen MR) is 133 cm³/mol. The molecule has 0 unspecified atom stereocenters. The van der Waals surface area contributed by atoms with E-state index in [9.17, 15) is 19.5 Å². The molecule has 1 saturated heterocycles. The quantitative estimate of drug-likeness (QED) is 0.525. The van der Waals surface area contributed by atoms with Crippen molar-refractivity contribution in [3.05, 3.63) is 59.7 Å². The number of benzene rings is 2. The maximum absolute atomic E-state index is 12.6. The Kier molecular flexibility index (Phi) is 7.49. The number of hydrazine groups is 1. The topological polar surface area (TPSA) is 117 Å². The van der Waals surface area contributed by atoms with Crippen molar-refractivity contribution < 1.29 is 29.0 Å². The molecule has 1 aliphatic carbocycles. The molecule has 4 rings (SSSR count). The van der Waals surface area contributed by atoms with Crippen molar-refractivity contribution >= 4 is 18.2 Å². The van der Waals surface area contributed by atoms with E-state index >= 15 is 0 Å². The zero-order valence-corrected chi connectivity index (χ0v) is 20.8. The number of carbonyl (C=O) groups is 3. The smallest absolute Gasteiger partial charge is 0.422 e. The summed E-state index contributed by atoms with van der Waals surface area (Å²) in [6.45, 7) is 5.98. The van der Waals surface area contributed by atoms with E-state index in [-0.39, 0.29) is 25.0 Å². The lowest BCUT2D eigenvalue weighted by molar-refractivity contribution is -0.139. The third kappa shape index (κ3) is 5.96. The highest BCUT2D eigenvalue weighted by Crippen LogP contribution is 2.44. The van der Waals surface area contributed by atoms with E-state index in [0.717, 1.165) is 28.7 Å². The van der Waals surface area contributed by atoms with Crippen LogP contribution >= 0.6 is 0 Å². The number of aliphatic carboxylic acids is 1. The number of fused-ring (bicyclic) bond motifs is 3. The van der Waals surface area contributed by atoms with Crippen molar-refractivity contribution in [2.24, 2.45) is 0 Å². The lowest BCUT2D eigenvalue weighted by atomic mass is 9.98. The molecule has 192 valence electrons. The number of ether oxygens (including phenoxy) is 2. The second-order valence-electron chi connectivity index (χ2n) is 10.2. The van der Waals surface area contributed by atoms with Crippen molar-refractivity contribution in [3.63, 3.8) is 0 Å². The molecule has 2 amide bonds. The van der Waals surface area contributed by atoms with Crippen molar-refractivity contribution in [2.45, 2.75) is 63.6 Å². The molecule has 1 heterocycles. The Bertz CT molecular complexity index is 1080. The third-order valence-corrected chi connectivity index (χ3v) is 6.45. The molecular weight excluding hydrogens is 462 g/mol. The van der Waals surface area contributed by atoms with E-state index in [2.05, 4.69) is 10.7 Å². The van der Waals surface area contributed by atoms with Gasteiger partial charge in [-0.25, -0.2) is 19.4 Å². The van der Waals surface area contributed by atoms with Gasteiger partial charge < -0.3 is 19.9 Å². The molecule has 0 aromatic heterocycles. The number of carbonyl (C=O) groups excluding carboxylic acids is 2. The van der Waals surface area contributed by atoms with Crippen LogP contribution in [0, 0.1) is 0 Å². The number of carboxylic acids is 1. The summed E-state index contributed by atoms with van der Waals surface area (Å²) < 4.78 is 10.8. The fourth-order valence-corrected chi connectivity index (χ4v) is 4.92. The van der Waals surface area contributed by atoms with Crippen LogP contribution in [0.2, 0.25) is 0 Å². The standard InChI is InChI=1S/C27H33N3O6/c1-27(2,3)36-26(34)29-30-14-8-9-17(30)15-23(24(31)32)28-25(33)35-16-22-20-12-6-4-10-18(20)19-11-5-7-13-21(19)22/h4-7,10-13,17,22-23H,8-9,14-16H2,1-3H3,(H,28,33)(H,29,34)(H,31,32)/t17-,23-/m0/s1. The van der Waals surface area contributed by atoms with Gasteiger partial charge in [0.25, 0.3) is 0 Å². The number of rotatable bonds is 7. The SMILES string of the molecule is CC(C)(C)OC(=O)NN1CCC[C@H]1C[C@H](NC(=O)OCC1c2ccccc2-c2ccccc21)C(=O)O. The number of carboxylic acid groups (broad SMARTS) is 1. The van der Waals surface area contributed by atoms with Gasteiger partial charge >= 0.3 is 18.2 Å². The van der Waals surface area contributed by atoms with Gasteiger partial charge in [0.1, 0.15) is 18.2 Å². The lowest BCUT2D eigenvalue weighted by Gasteiger charge is -2.28. The van der Waals surface area contributed by atoms with Crippen LogP contribution in [0.25, 0.3) is 11.1 Å². The highest BCUT2D eigenvalue weighted by Gasteiger charge is 2.34. The Morgan fingerprint density at radius 2 is 1.64 bits per heavy atom. The zero-order valence-electron chi connectivity index (χ0n) is 20.8. The predicted octanol–water partition coefficient (Wildman–Crippen LogP) is 4.27. The minimum atomic E-state index is -1.16. The van der Waals surface area contributed by atoms with Gasteiger partial charge in [0, 0.05) is 18.5 Å². The average molecular weight is 496 g/mol. The Morgan fingerprint density at radius 1 is 1.03 bits per heavy atom. The van der Waals surface area contributed by atoms with Crippen molar-refractivity contribution in [1.29, 1.82) is 0 Å². The molecule has 1 aliphatic heterocycles. The monoisotopic (exact) mass is 495 g/mol. The molecule has 0 radical (unpaired) electrons. The molecule has 9 nitrogen and oxygen atoms in total. The van der Waals surface area contributed by atoms with Crippen molar-refractivity contribution in [1.82, 2.24) is 15.8 Å². The first kappa shape index (κ1) is 25.5. The molecule has 3 N–H and O–H groups in total. The first-order chi connectivity index (χ1) is 17.1. The molecule has 0 spiro atoms. The molecule has 2 aromatic carbocycles. The lowest BCUT2D eigenvalue weighted by Crippen LogP contribution is -2.51. The van der Waals surface area contributed by atoms with Crippen LogP contribution in [0.15, 0.2) is 48.5 Å². The minimum absolute atomic E-state index is 0.0992. The Balaban J connectivity index is 1.35. The van der Waals surface area contributed by atoms with Gasteiger partial charge in [0.05, 0.1) is 0 Å². The number of nitrogens with zero attached hydrogens (tertiary/aromatic N) is 1. The van der Waals surface area contributed by atoms with Crippen LogP contribution in [0.5, 0.6) is 0 Å². The Morgan fingerprint density at radius 3 is 2.22 bits per heavy atom. The second kappa shape index (κ2) is 10.6. The normalized spacial score (nSPS) is 18.1. The van der Waals surface area contributed by atoms with Gasteiger partial charge in [-0.3, -0.25) is 5.43 Å². The molecule has 0 bridgehead atoms. The van der Waals surface area contributed by atoms with E-state index in [1.807, 2.05) is 48.5 Å². The van der Waals surface area contributed by atoms with Gasteiger partial charge in [-0.2, -0.15) is 0 Å². The first-order valence-electron chi connectivity index (χ1n) is 12.2. The summed E-state index contributed by atoms with van der Waals surface area (Å²) in [6, 6.07) is 14.6. The van der Waals surface area contributed by atoms with E-state index in [1.165, 1.54) is 0 Å². The van der Waals surface area contributed by atoms with E-state index < -0.39 is 29.8 Å². The van der Waals surface area contributed by atoms with Crippen LogP contribution in [-0.2, 0) is 14.3 Å². The first-order valence-corrected chi connectivity index (χ1v) is 12.2. The molecule has 36 heavy (non-hydrogen) atoms. The Hall–Kier alpha value is -3.59. The number of hydrogen-bond acceptors (Lipinski definition) is 6. The number of nitrogens with one attached hydrogen (secondary N) is 2. The molecular formula is C27H33N3O6. The highest BCUT2D eigenvalue weighted by atomic mass is 16.6. The van der Waals surface area contributed by atoms with Crippen molar-refractivity contribution in [3.8, 4) is 11.1 Å². The minimum Gasteiger partial charge on any atom is -0.480 e. The third-order valence-electron chi connectivity index (χ3n) is 6.45. The van der Waals surface area contributed by atoms with Crippen LogP contribution in [0.4, 0.5) is 9.59 Å². The van der Waals surface area contributed by atoms with E-state index in [0.29, 0.717) is 13.0 Å². The van der Waals surface area contributed by atoms with Gasteiger partial charge in [-0.1, -0.05) is 48.5 Å². The number of hydrogen-bond donors (Lipinski definition) is 3. The van der Waals surface area contributed by atoms with Gasteiger partial charge in [-0.15, -0.1) is 0 Å². The summed E-state index contributed by atoms with van der Waals surface area (Å²) >= 11 is 0. The van der Waals surface area contributed by atoms with Crippen LogP contribution < -0.4 is 10.7 Å². The summed E-state index contributed by atoms with van der Waals surface area (Å²) in [5.41, 5.74) is 6.44. The van der Waals surface area contributed by atoms with Gasteiger partial charge in [0.15, 0.2) is 0 Å². The van der Waals surface area contributed by atoms with E-state index in [1.54, 1.807) is 25.8 Å². The average Bonchev–Trinajstić information content (AvgIpc) is 3.37. The summed E-state index contributed by atoms with van der Waals surface area (Å²) in [4.78, 5) is 36.7. The maximum Gasteiger partial charge on any atom is 0.422 e. The summed E-state index contributed by atoms with van der Waals surface area (Å²) in [6.07, 6.45) is 0.221. The molecule has 2 atom stereocenters. The summed E-state index contributed by atoms with van der Waals surface area (Å²) in [5.74, 6) is -1.28. The van der Waals surface area contributed by atoms with Crippen LogP contribution in [-0.4, -0.2) is 59.1 Å².